The highest BCUT2D eigenvalue weighted by Crippen LogP contribution is 2.37. The van der Waals surface area contributed by atoms with Gasteiger partial charge in [0.2, 0.25) is 0 Å². The molecule has 5 nitrogen and oxygen atoms in total. The van der Waals surface area contributed by atoms with Gasteiger partial charge in [0.25, 0.3) is 5.91 Å². The van der Waals surface area contributed by atoms with Crippen LogP contribution in [0.3, 0.4) is 0 Å². The van der Waals surface area contributed by atoms with Crippen LogP contribution in [0, 0.1) is 0 Å². The predicted octanol–water partition coefficient (Wildman–Crippen LogP) is 5.73. The number of phenols is 1. The van der Waals surface area contributed by atoms with Gasteiger partial charge >= 0.3 is 12.4 Å². The van der Waals surface area contributed by atoms with Crippen LogP contribution in [-0.4, -0.2) is 21.2 Å². The van der Waals surface area contributed by atoms with E-state index in [1.165, 1.54) is 6.07 Å². The molecule has 0 spiro atoms. The summed E-state index contributed by atoms with van der Waals surface area (Å²) >= 11 is 5.52. The lowest BCUT2D eigenvalue weighted by atomic mass is 10.1. The van der Waals surface area contributed by atoms with E-state index in [0.717, 1.165) is 24.3 Å². The fraction of sp³-hybridized carbons (Fsp3) is 0.111. The second-order valence-corrected chi connectivity index (χ2v) is 6.45. The second-order valence-electron chi connectivity index (χ2n) is 6.04. The molecule has 0 atom stereocenters. The van der Waals surface area contributed by atoms with Crippen LogP contribution in [0.4, 0.5) is 32.0 Å². The number of nitrogens with zero attached hydrogens (tertiary/aromatic N) is 1. The van der Waals surface area contributed by atoms with Gasteiger partial charge in [-0.3, -0.25) is 9.89 Å². The van der Waals surface area contributed by atoms with Gasteiger partial charge in [0, 0.05) is 16.8 Å². The number of alkyl halides is 6. The van der Waals surface area contributed by atoms with Crippen LogP contribution in [0.2, 0.25) is 5.02 Å². The van der Waals surface area contributed by atoms with E-state index in [-0.39, 0.29) is 22.5 Å². The van der Waals surface area contributed by atoms with Gasteiger partial charge in [-0.25, -0.2) is 0 Å². The lowest BCUT2D eigenvalue weighted by Crippen LogP contribution is -2.13. The van der Waals surface area contributed by atoms with Gasteiger partial charge < -0.3 is 10.4 Å². The molecule has 0 radical (unpaired) electrons. The van der Waals surface area contributed by atoms with Gasteiger partial charge in [-0.05, 0) is 42.5 Å². The molecule has 158 valence electrons. The molecule has 2 aromatic carbocycles. The Balaban J connectivity index is 1.83. The monoisotopic (exact) mass is 449 g/mol. The number of amides is 1. The lowest BCUT2D eigenvalue weighted by molar-refractivity contribution is -0.141. The molecule has 0 aliphatic rings. The van der Waals surface area contributed by atoms with Gasteiger partial charge in [0.05, 0.1) is 16.3 Å². The number of carbonyl (C=O) groups is 1. The van der Waals surface area contributed by atoms with Crippen molar-refractivity contribution in [3.05, 3.63) is 64.3 Å². The molecule has 0 fully saturated rings. The Bertz CT molecular complexity index is 1110. The Morgan fingerprint density at radius 3 is 2.27 bits per heavy atom. The van der Waals surface area contributed by atoms with Crippen LogP contribution in [0.1, 0.15) is 21.6 Å². The van der Waals surface area contributed by atoms with E-state index >= 15 is 0 Å². The number of carbonyl (C=O) groups excluding carboxylic acids is 1. The predicted molar refractivity (Wildman–Crippen MR) is 95.1 cm³/mol. The minimum absolute atomic E-state index is 0.0795. The summed E-state index contributed by atoms with van der Waals surface area (Å²) in [7, 11) is 0. The Labute approximate surface area is 169 Å². The van der Waals surface area contributed by atoms with Crippen LogP contribution in [0.5, 0.6) is 5.75 Å². The van der Waals surface area contributed by atoms with Crippen molar-refractivity contribution >= 4 is 23.2 Å². The van der Waals surface area contributed by atoms with Gasteiger partial charge in [-0.15, -0.1) is 0 Å². The van der Waals surface area contributed by atoms with Crippen molar-refractivity contribution in [1.29, 1.82) is 0 Å². The molecule has 12 heteroatoms. The largest absolute Gasteiger partial charge is 0.507 e. The second kappa shape index (κ2) is 7.56. The van der Waals surface area contributed by atoms with Crippen molar-refractivity contribution < 1.29 is 36.2 Å². The van der Waals surface area contributed by atoms with Gasteiger partial charge in [0.1, 0.15) is 11.4 Å². The maximum absolute atomic E-state index is 12.9. The molecule has 1 aromatic heterocycles. The number of benzene rings is 2. The number of aromatic hydroxyl groups is 1. The van der Waals surface area contributed by atoms with Gasteiger partial charge in [-0.2, -0.15) is 31.4 Å². The normalized spacial score (nSPS) is 12.1. The molecule has 1 heterocycles. The Hall–Kier alpha value is -3.21. The van der Waals surface area contributed by atoms with E-state index < -0.39 is 40.3 Å². The standard InChI is InChI=1S/C18H10ClF6N3O2/c19-12-4-2-9(6-11(12)17(20,21)22)26-16(30)8-1-3-10(14(29)5-8)13-7-15(28-27-13)18(23,24)25/h1-7,29H,(H,26,30)(H,27,28). The Kier molecular flexibility index (Phi) is 5.42. The average Bonchev–Trinajstić information content (AvgIpc) is 3.12. The van der Waals surface area contributed by atoms with Crippen molar-refractivity contribution in [3.8, 4) is 17.0 Å². The van der Waals surface area contributed by atoms with Crippen molar-refractivity contribution in [1.82, 2.24) is 10.2 Å². The molecular weight excluding hydrogens is 440 g/mol. The number of nitrogens with one attached hydrogen (secondary N) is 2. The van der Waals surface area contributed by atoms with E-state index in [9.17, 15) is 36.2 Å². The molecule has 3 aromatic rings. The highest BCUT2D eigenvalue weighted by molar-refractivity contribution is 6.31. The number of aromatic amines is 1. The summed E-state index contributed by atoms with van der Waals surface area (Å²) in [5, 5.41) is 17.0. The van der Waals surface area contributed by atoms with Crippen LogP contribution < -0.4 is 5.32 Å². The van der Waals surface area contributed by atoms with Crippen LogP contribution in [0.15, 0.2) is 42.5 Å². The minimum Gasteiger partial charge on any atom is -0.507 e. The van der Waals surface area contributed by atoms with Gasteiger partial charge in [-0.1, -0.05) is 11.6 Å². The fourth-order valence-electron chi connectivity index (χ4n) is 2.52. The minimum atomic E-state index is -4.73. The fourth-order valence-corrected chi connectivity index (χ4v) is 2.74. The van der Waals surface area contributed by atoms with Crippen LogP contribution >= 0.6 is 11.6 Å². The first-order valence-electron chi connectivity index (χ1n) is 8.00. The third-order valence-electron chi connectivity index (χ3n) is 3.95. The molecule has 0 aliphatic heterocycles. The molecule has 3 rings (SSSR count). The summed E-state index contributed by atoms with van der Waals surface area (Å²) in [6, 6.07) is 6.74. The maximum Gasteiger partial charge on any atom is 0.432 e. The number of hydrogen-bond donors (Lipinski definition) is 3. The number of anilines is 1. The molecule has 0 saturated heterocycles. The zero-order valence-corrected chi connectivity index (χ0v) is 15.2. The molecule has 1 amide bonds. The van der Waals surface area contributed by atoms with E-state index in [4.69, 9.17) is 11.6 Å². The smallest absolute Gasteiger partial charge is 0.432 e. The number of rotatable bonds is 3. The summed E-state index contributed by atoms with van der Waals surface area (Å²) in [6.45, 7) is 0. The summed E-state index contributed by atoms with van der Waals surface area (Å²) in [5.74, 6) is -1.40. The van der Waals surface area contributed by atoms with Crippen molar-refractivity contribution in [2.75, 3.05) is 5.32 Å². The summed E-state index contributed by atoms with van der Waals surface area (Å²) < 4.78 is 76.7. The summed E-state index contributed by atoms with van der Waals surface area (Å²) in [6.07, 6.45) is -9.38. The zero-order valence-electron chi connectivity index (χ0n) is 14.5. The van der Waals surface area contributed by atoms with Crippen molar-refractivity contribution in [3.63, 3.8) is 0 Å². The summed E-state index contributed by atoms with van der Waals surface area (Å²) in [4.78, 5) is 12.3. The Morgan fingerprint density at radius 2 is 1.70 bits per heavy atom. The first kappa shape index (κ1) is 21.5. The molecule has 0 aliphatic carbocycles. The number of hydrogen-bond acceptors (Lipinski definition) is 3. The highest BCUT2D eigenvalue weighted by atomic mass is 35.5. The number of aromatic nitrogens is 2. The number of phenolic OH excluding ortho intramolecular Hbond substituents is 1. The van der Waals surface area contributed by atoms with Crippen LogP contribution in [0.25, 0.3) is 11.3 Å². The lowest BCUT2D eigenvalue weighted by Gasteiger charge is -2.12. The molecular formula is C18H10ClF6N3O2. The first-order valence-corrected chi connectivity index (χ1v) is 8.38. The quantitative estimate of drug-likeness (QED) is 0.447. The van der Waals surface area contributed by atoms with Crippen molar-refractivity contribution in [2.24, 2.45) is 0 Å². The molecule has 0 bridgehead atoms. The molecule has 0 saturated carbocycles. The van der Waals surface area contributed by atoms with E-state index in [1.54, 1.807) is 5.10 Å². The highest BCUT2D eigenvalue weighted by Gasteiger charge is 2.34. The third-order valence-corrected chi connectivity index (χ3v) is 4.28. The van der Waals surface area contributed by atoms with Gasteiger partial charge in [0.15, 0.2) is 0 Å². The maximum atomic E-state index is 12.9. The first-order chi connectivity index (χ1) is 13.9. The number of halogens is 7. The third kappa shape index (κ3) is 4.51. The number of H-pyrrole nitrogens is 1. The molecule has 0 unspecified atom stereocenters. The summed E-state index contributed by atoms with van der Waals surface area (Å²) in [5.41, 5.74) is -2.89. The topological polar surface area (TPSA) is 78.0 Å². The zero-order chi connectivity index (χ0) is 22.3. The van der Waals surface area contributed by atoms with Crippen molar-refractivity contribution in [2.45, 2.75) is 12.4 Å². The van der Waals surface area contributed by atoms with E-state index in [0.29, 0.717) is 12.1 Å². The average molecular weight is 450 g/mol. The Morgan fingerprint density at radius 1 is 1.00 bits per heavy atom. The SMILES string of the molecule is O=C(Nc1ccc(Cl)c(C(F)(F)F)c1)c1ccc(-c2cc(C(F)(F)F)[nH]n2)c(O)c1. The van der Waals surface area contributed by atoms with E-state index in [2.05, 4.69) is 10.4 Å². The molecule has 3 N–H and O–H groups in total. The molecule has 30 heavy (non-hydrogen) atoms. The van der Waals surface area contributed by atoms with Crippen LogP contribution in [-0.2, 0) is 12.4 Å². The van der Waals surface area contributed by atoms with E-state index in [1.807, 2.05) is 0 Å².